The largest absolute Gasteiger partial charge is 0.454 e. The van der Waals surface area contributed by atoms with Gasteiger partial charge in [-0.05, 0) is 65.8 Å². The Labute approximate surface area is 235 Å². The number of allylic oxidation sites excluding steroid dienone is 1. The third-order valence-corrected chi connectivity index (χ3v) is 9.02. The lowest BCUT2D eigenvalue weighted by atomic mass is 9.64. The van der Waals surface area contributed by atoms with E-state index >= 15 is 0 Å². The molecular formula is C34H25NO6. The van der Waals surface area contributed by atoms with E-state index in [1.165, 1.54) is 4.90 Å². The van der Waals surface area contributed by atoms with E-state index in [1.807, 2.05) is 86.7 Å². The normalized spacial score (nSPS) is 24.1. The highest BCUT2D eigenvalue weighted by Crippen LogP contribution is 2.56. The van der Waals surface area contributed by atoms with Crippen molar-refractivity contribution in [2.45, 2.75) is 19.8 Å². The molecule has 202 valence electrons. The van der Waals surface area contributed by atoms with Crippen molar-refractivity contribution in [3.05, 3.63) is 101 Å². The molecule has 7 nitrogen and oxygen atoms in total. The van der Waals surface area contributed by atoms with Crippen LogP contribution in [0.3, 0.4) is 0 Å². The lowest BCUT2D eigenvalue weighted by Gasteiger charge is -2.38. The summed E-state index contributed by atoms with van der Waals surface area (Å²) < 4.78 is 17.2. The van der Waals surface area contributed by atoms with Crippen LogP contribution in [0.1, 0.15) is 28.2 Å². The molecule has 4 atom stereocenters. The maximum atomic E-state index is 14.3. The van der Waals surface area contributed by atoms with Crippen LogP contribution in [-0.2, 0) is 14.4 Å². The summed E-state index contributed by atoms with van der Waals surface area (Å²) >= 11 is 0. The number of carbonyl (C=O) groups excluding carboxylic acids is 3. The molecule has 0 unspecified atom stereocenters. The fourth-order valence-corrected chi connectivity index (χ4v) is 6.85. The van der Waals surface area contributed by atoms with Crippen LogP contribution >= 0.6 is 0 Å². The van der Waals surface area contributed by atoms with E-state index < -0.39 is 29.6 Å². The van der Waals surface area contributed by atoms with Crippen molar-refractivity contribution in [3.63, 3.8) is 0 Å². The number of aryl methyl sites for hydroxylation is 2. The van der Waals surface area contributed by atoms with Crippen LogP contribution in [0.25, 0.3) is 16.3 Å². The summed E-state index contributed by atoms with van der Waals surface area (Å²) in [5, 5.41) is 1.78. The number of carbonyl (C=O) groups is 3. The predicted octanol–water partition coefficient (Wildman–Crippen LogP) is 5.71. The van der Waals surface area contributed by atoms with Crippen molar-refractivity contribution >= 4 is 39.8 Å². The van der Waals surface area contributed by atoms with E-state index in [-0.39, 0.29) is 18.6 Å². The fourth-order valence-electron chi connectivity index (χ4n) is 6.85. The first-order valence-electron chi connectivity index (χ1n) is 13.7. The van der Waals surface area contributed by atoms with Gasteiger partial charge in [-0.3, -0.25) is 14.4 Å². The van der Waals surface area contributed by atoms with Crippen molar-refractivity contribution in [2.24, 2.45) is 17.8 Å². The summed E-state index contributed by atoms with van der Waals surface area (Å²) in [6, 6.07) is 22.8. The number of nitrogens with zero attached hydrogens (tertiary/aromatic N) is 1. The van der Waals surface area contributed by atoms with Gasteiger partial charge >= 0.3 is 5.97 Å². The Kier molecular flexibility index (Phi) is 4.99. The highest BCUT2D eigenvalue weighted by Gasteiger charge is 2.60. The van der Waals surface area contributed by atoms with Crippen molar-refractivity contribution in [1.82, 2.24) is 0 Å². The van der Waals surface area contributed by atoms with Crippen LogP contribution in [0.4, 0.5) is 5.69 Å². The van der Waals surface area contributed by atoms with E-state index in [0.717, 1.165) is 33.0 Å². The Morgan fingerprint density at radius 1 is 0.780 bits per heavy atom. The molecule has 0 aromatic heterocycles. The molecule has 4 aromatic carbocycles. The monoisotopic (exact) mass is 543 g/mol. The van der Waals surface area contributed by atoms with Crippen LogP contribution in [0.15, 0.2) is 78.9 Å². The smallest absolute Gasteiger partial charge is 0.319 e. The van der Waals surface area contributed by atoms with Crippen LogP contribution in [0.5, 0.6) is 17.2 Å². The standard InChI is InChI=1S/C34H25NO6/c1-17-7-10-21(13-18(17)2)35-32(36)28-24(20-9-12-26-27(14-20)40-16-39-26)15-25-23-11-8-19-5-3-4-6-22(19)31(23)41-34(38)29(25)30(28)33(35)37/h3-15,24,28-30H,16H2,1-2H3/t24-,28+,29+,30-/m0/s1. The first kappa shape index (κ1) is 23.9. The number of hydrogen-bond donors (Lipinski definition) is 0. The van der Waals surface area contributed by atoms with Gasteiger partial charge in [0.15, 0.2) is 11.5 Å². The van der Waals surface area contributed by atoms with Gasteiger partial charge in [0, 0.05) is 16.9 Å². The summed E-state index contributed by atoms with van der Waals surface area (Å²) in [5.41, 5.74) is 4.85. The van der Waals surface area contributed by atoms with Crippen LogP contribution < -0.4 is 19.1 Å². The first-order valence-corrected chi connectivity index (χ1v) is 13.7. The molecule has 3 heterocycles. The van der Waals surface area contributed by atoms with Gasteiger partial charge in [-0.2, -0.15) is 0 Å². The van der Waals surface area contributed by atoms with E-state index in [0.29, 0.717) is 28.5 Å². The number of rotatable bonds is 2. The molecule has 0 N–H and O–H groups in total. The summed E-state index contributed by atoms with van der Waals surface area (Å²) in [6.45, 7) is 4.06. The second-order valence-corrected chi connectivity index (χ2v) is 11.2. The molecule has 0 radical (unpaired) electrons. The molecule has 4 aromatic rings. The molecule has 8 rings (SSSR count). The lowest BCUT2D eigenvalue weighted by Crippen LogP contribution is -2.42. The third-order valence-electron chi connectivity index (χ3n) is 9.02. The topological polar surface area (TPSA) is 82.1 Å². The number of anilines is 1. The maximum absolute atomic E-state index is 14.3. The minimum atomic E-state index is -0.911. The molecule has 0 spiro atoms. The molecule has 41 heavy (non-hydrogen) atoms. The second-order valence-electron chi connectivity index (χ2n) is 11.2. The average Bonchev–Trinajstić information content (AvgIpc) is 3.55. The van der Waals surface area contributed by atoms with E-state index in [9.17, 15) is 14.4 Å². The Bertz CT molecular complexity index is 1870. The van der Waals surface area contributed by atoms with Gasteiger partial charge < -0.3 is 14.2 Å². The zero-order valence-electron chi connectivity index (χ0n) is 22.4. The van der Waals surface area contributed by atoms with Crippen LogP contribution in [0, 0.1) is 31.6 Å². The average molecular weight is 544 g/mol. The molecule has 0 saturated carbocycles. The minimum Gasteiger partial charge on any atom is -0.454 e. The van der Waals surface area contributed by atoms with Gasteiger partial charge in [-0.15, -0.1) is 0 Å². The van der Waals surface area contributed by atoms with Gasteiger partial charge in [0.05, 0.1) is 23.4 Å². The maximum Gasteiger partial charge on any atom is 0.319 e. The first-order chi connectivity index (χ1) is 19.9. The Balaban J connectivity index is 1.34. The molecule has 4 aliphatic rings. The zero-order chi connectivity index (χ0) is 28.0. The summed E-state index contributed by atoms with van der Waals surface area (Å²) in [7, 11) is 0. The van der Waals surface area contributed by atoms with Crippen molar-refractivity contribution in [2.75, 3.05) is 11.7 Å². The van der Waals surface area contributed by atoms with Crippen molar-refractivity contribution in [3.8, 4) is 17.2 Å². The number of amides is 2. The molecule has 0 bridgehead atoms. The molecule has 3 aliphatic heterocycles. The highest BCUT2D eigenvalue weighted by molar-refractivity contribution is 6.24. The van der Waals surface area contributed by atoms with E-state index in [4.69, 9.17) is 14.2 Å². The lowest BCUT2D eigenvalue weighted by molar-refractivity contribution is -0.142. The van der Waals surface area contributed by atoms with Crippen LogP contribution in [-0.4, -0.2) is 24.6 Å². The van der Waals surface area contributed by atoms with Gasteiger partial charge in [0.2, 0.25) is 18.6 Å². The number of fused-ring (bicyclic) bond motifs is 8. The SMILES string of the molecule is Cc1ccc(N2C(=O)[C@@H]3[C@@H]4C(=O)Oc5c(ccc6ccccc56)C4=C[C@@H](c4ccc5c(c4)OCO5)[C@H]3C2=O)cc1C. The Morgan fingerprint density at radius 3 is 2.44 bits per heavy atom. The Morgan fingerprint density at radius 2 is 1.59 bits per heavy atom. The number of hydrogen-bond acceptors (Lipinski definition) is 6. The highest BCUT2D eigenvalue weighted by atomic mass is 16.7. The van der Waals surface area contributed by atoms with Crippen molar-refractivity contribution in [1.29, 1.82) is 0 Å². The van der Waals surface area contributed by atoms with E-state index in [1.54, 1.807) is 6.07 Å². The predicted molar refractivity (Wildman–Crippen MR) is 152 cm³/mol. The summed E-state index contributed by atoms with van der Waals surface area (Å²) in [6.07, 6.45) is 1.99. The van der Waals surface area contributed by atoms with Crippen molar-refractivity contribution < 1.29 is 28.6 Å². The molecule has 1 saturated heterocycles. The number of imide groups is 1. The number of benzene rings is 4. The quantitative estimate of drug-likeness (QED) is 0.183. The van der Waals surface area contributed by atoms with E-state index in [2.05, 4.69) is 0 Å². The number of esters is 1. The molecule has 1 aliphatic carbocycles. The zero-order valence-corrected chi connectivity index (χ0v) is 22.4. The molecule has 2 amide bonds. The summed E-state index contributed by atoms with van der Waals surface area (Å²) in [5.74, 6) is -2.56. The number of ether oxygens (including phenoxy) is 3. The molecule has 7 heteroatoms. The Hall–Kier alpha value is -4.91. The summed E-state index contributed by atoms with van der Waals surface area (Å²) in [4.78, 5) is 43.5. The van der Waals surface area contributed by atoms with Gasteiger partial charge in [-0.1, -0.05) is 54.6 Å². The van der Waals surface area contributed by atoms with Gasteiger partial charge in [-0.25, -0.2) is 4.90 Å². The fraction of sp³-hybridized carbons (Fsp3) is 0.206. The molecule has 1 fully saturated rings. The van der Waals surface area contributed by atoms with Gasteiger partial charge in [0.1, 0.15) is 5.75 Å². The minimum absolute atomic E-state index is 0.128. The molecular weight excluding hydrogens is 518 g/mol. The second kappa shape index (κ2) is 8.54. The third kappa shape index (κ3) is 3.35. The van der Waals surface area contributed by atoms with Gasteiger partial charge in [0.25, 0.3) is 0 Å². The van der Waals surface area contributed by atoms with Crippen LogP contribution in [0.2, 0.25) is 0 Å².